The molecule has 4 rings (SSSR count). The van der Waals surface area contributed by atoms with Crippen LogP contribution in [0.3, 0.4) is 0 Å². The topological polar surface area (TPSA) is 263 Å². The Morgan fingerprint density at radius 3 is 2.19 bits per heavy atom. The van der Waals surface area contributed by atoms with Crippen molar-refractivity contribution < 1.29 is 43.0 Å². The second-order valence-electron chi connectivity index (χ2n) is 13.5. The van der Waals surface area contributed by atoms with Crippen LogP contribution in [-0.4, -0.2) is 107 Å². The van der Waals surface area contributed by atoms with E-state index in [1.807, 2.05) is 34.6 Å². The number of rotatable bonds is 17. The third-order valence-electron chi connectivity index (χ3n) is 8.12. The molecule has 4 aromatic rings. The zero-order chi connectivity index (χ0) is 47.3. The molecule has 0 aliphatic heterocycles. The van der Waals surface area contributed by atoms with E-state index < -0.39 is 40.1 Å². The Hall–Kier alpha value is -6.70. The molecule has 0 spiro atoms. The van der Waals surface area contributed by atoms with E-state index >= 15 is 0 Å². The van der Waals surface area contributed by atoms with Gasteiger partial charge >= 0.3 is 12.1 Å². The number of nitro groups is 1. The van der Waals surface area contributed by atoms with Gasteiger partial charge in [-0.3, -0.25) is 29.7 Å². The molecule has 0 saturated carbocycles. The molecule has 20 heteroatoms. The number of imidazole rings is 1. The van der Waals surface area contributed by atoms with Gasteiger partial charge in [0.2, 0.25) is 11.9 Å². The van der Waals surface area contributed by atoms with Crippen LogP contribution in [0.4, 0.5) is 22.1 Å². The van der Waals surface area contributed by atoms with Gasteiger partial charge in [-0.1, -0.05) is 39.8 Å². The highest BCUT2D eigenvalue weighted by Crippen LogP contribution is 2.36. The molecule has 0 radical (unpaired) electrons. The standard InChI is InChI=1S/C37H47N9O10.2C2H6.CH5N/c1-9-45-27(17-22(2)42-45)33(48)41-35-40-25-18-24(34(49)54-8)21-29(53-7)31(25)44(35)15-11-10-13-39-30-26(46(51)52)19-23(32(38)47)20-28(30)55-16-12-14-43(6)36(50)56-37(3,4)5;3*1-2/h10-11,17-21,39H,9,12-16H2,1-8H3,(H2,38,47)(H,40,41,48);2*1-2H3;2H2,1H3/b11-10+;;;. The van der Waals surface area contributed by atoms with E-state index in [9.17, 15) is 29.3 Å². The average Bonchev–Trinajstić information content (AvgIpc) is 3.81. The maximum absolute atomic E-state index is 13.5. The number of nitrogens with one attached hydrogen (secondary N) is 2. The minimum atomic E-state index is -0.882. The first-order valence-electron chi connectivity index (χ1n) is 20.2. The van der Waals surface area contributed by atoms with Crippen molar-refractivity contribution >= 4 is 52.2 Å². The first-order chi connectivity index (χ1) is 29.5. The number of anilines is 2. The number of benzene rings is 2. The summed E-state index contributed by atoms with van der Waals surface area (Å²) in [6.45, 7) is 17.9. The number of esters is 1. The monoisotopic (exact) mass is 868 g/mol. The lowest BCUT2D eigenvalue weighted by atomic mass is 10.1. The Morgan fingerprint density at radius 1 is 0.984 bits per heavy atom. The SMILES string of the molecule is CC.CC.CCn1nc(C)cc1C(=O)Nc1nc2cc(C(=O)OC)cc(OC)c2n1C/C=C/CNc1c(OCCCN(C)C(=O)OC(C)(C)C)cc(C(N)=O)cc1[N+](=O)[O-].CN. The predicted molar refractivity (Wildman–Crippen MR) is 239 cm³/mol. The summed E-state index contributed by atoms with van der Waals surface area (Å²) in [5.74, 6) is -1.49. The molecular formula is C42H64N10O10. The van der Waals surface area contributed by atoms with Crippen molar-refractivity contribution in [2.75, 3.05) is 58.6 Å². The predicted octanol–water partition coefficient (Wildman–Crippen LogP) is 6.55. The van der Waals surface area contributed by atoms with E-state index in [2.05, 4.69) is 26.4 Å². The van der Waals surface area contributed by atoms with Crippen LogP contribution >= 0.6 is 0 Å². The molecule has 0 unspecified atom stereocenters. The minimum absolute atomic E-state index is 0.00557. The van der Waals surface area contributed by atoms with Crippen molar-refractivity contribution in [2.24, 2.45) is 11.5 Å². The first kappa shape index (κ1) is 53.3. The second kappa shape index (κ2) is 25.8. The molecule has 2 aromatic heterocycles. The van der Waals surface area contributed by atoms with Gasteiger partial charge in [0.15, 0.2) is 5.69 Å². The van der Waals surface area contributed by atoms with Crippen molar-refractivity contribution in [2.45, 2.75) is 87.4 Å². The lowest BCUT2D eigenvalue weighted by Crippen LogP contribution is -2.35. The van der Waals surface area contributed by atoms with E-state index in [-0.39, 0.29) is 54.8 Å². The lowest BCUT2D eigenvalue weighted by Gasteiger charge is -2.24. The van der Waals surface area contributed by atoms with E-state index in [4.69, 9.17) is 24.7 Å². The number of carbonyl (C=O) groups excluding carboxylic acids is 4. The molecule has 0 bridgehead atoms. The van der Waals surface area contributed by atoms with Gasteiger partial charge in [0.1, 0.15) is 28.3 Å². The van der Waals surface area contributed by atoms with Gasteiger partial charge < -0.3 is 45.2 Å². The number of carbonyl (C=O) groups is 4. The summed E-state index contributed by atoms with van der Waals surface area (Å²) >= 11 is 0. The summed E-state index contributed by atoms with van der Waals surface area (Å²) in [6, 6.07) is 7.05. The fourth-order valence-corrected chi connectivity index (χ4v) is 5.55. The Labute approximate surface area is 363 Å². The number of aromatic nitrogens is 4. The van der Waals surface area contributed by atoms with Crippen LogP contribution in [-0.2, 0) is 22.6 Å². The highest BCUT2D eigenvalue weighted by molar-refractivity contribution is 6.04. The summed E-state index contributed by atoms with van der Waals surface area (Å²) in [5, 5.41) is 22.3. The van der Waals surface area contributed by atoms with Crippen molar-refractivity contribution in [1.82, 2.24) is 24.2 Å². The fraction of sp³-hybridized carbons (Fsp3) is 0.476. The van der Waals surface area contributed by atoms with Gasteiger partial charge in [0.25, 0.3) is 11.6 Å². The first-order valence-corrected chi connectivity index (χ1v) is 20.2. The molecule has 62 heavy (non-hydrogen) atoms. The second-order valence-corrected chi connectivity index (χ2v) is 13.5. The van der Waals surface area contributed by atoms with Gasteiger partial charge in [0.05, 0.1) is 42.5 Å². The largest absolute Gasteiger partial charge is 0.494 e. The van der Waals surface area contributed by atoms with E-state index in [0.717, 1.165) is 6.07 Å². The van der Waals surface area contributed by atoms with Crippen molar-refractivity contribution in [1.29, 1.82) is 0 Å². The molecule has 2 aromatic carbocycles. The Balaban J connectivity index is 0.00000306. The van der Waals surface area contributed by atoms with E-state index in [1.165, 1.54) is 44.4 Å². The molecule has 20 nitrogen and oxygen atoms in total. The molecule has 0 atom stereocenters. The van der Waals surface area contributed by atoms with Gasteiger partial charge in [-0.25, -0.2) is 14.6 Å². The molecule has 0 aliphatic carbocycles. The Morgan fingerprint density at radius 2 is 1.63 bits per heavy atom. The Bertz CT molecular complexity index is 2160. The maximum Gasteiger partial charge on any atom is 0.410 e. The number of hydrogen-bond acceptors (Lipinski definition) is 14. The Kier molecular flexibility index (Phi) is 22.2. The number of hydrogen-bond donors (Lipinski definition) is 4. The molecule has 0 fully saturated rings. The number of primary amides is 1. The maximum atomic E-state index is 13.5. The highest BCUT2D eigenvalue weighted by Gasteiger charge is 2.25. The number of ether oxygens (including phenoxy) is 4. The zero-order valence-corrected chi connectivity index (χ0v) is 38.2. The quantitative estimate of drug-likeness (QED) is 0.0288. The lowest BCUT2D eigenvalue weighted by molar-refractivity contribution is -0.384. The van der Waals surface area contributed by atoms with Crippen molar-refractivity contribution in [3.8, 4) is 11.5 Å². The van der Waals surface area contributed by atoms with E-state index in [0.29, 0.717) is 41.1 Å². The number of aryl methyl sites for hydroxylation is 2. The van der Waals surface area contributed by atoms with Crippen LogP contribution in [0, 0.1) is 17.0 Å². The number of nitrogens with two attached hydrogens (primary N) is 2. The van der Waals surface area contributed by atoms with Gasteiger partial charge in [-0.05, 0) is 72.4 Å². The van der Waals surface area contributed by atoms with Gasteiger partial charge in [0, 0.05) is 44.9 Å². The summed E-state index contributed by atoms with van der Waals surface area (Å²) < 4.78 is 25.0. The third kappa shape index (κ3) is 14.8. The molecule has 0 saturated heterocycles. The van der Waals surface area contributed by atoms with Crippen LogP contribution in [0.15, 0.2) is 42.5 Å². The van der Waals surface area contributed by atoms with Crippen LogP contribution in [0.5, 0.6) is 11.5 Å². The zero-order valence-electron chi connectivity index (χ0n) is 38.2. The normalized spacial score (nSPS) is 10.5. The summed E-state index contributed by atoms with van der Waals surface area (Å²) in [7, 11) is 5.77. The molecular weight excluding hydrogens is 805 g/mol. The summed E-state index contributed by atoms with van der Waals surface area (Å²) in [5.41, 5.74) is 10.7. The highest BCUT2D eigenvalue weighted by atomic mass is 16.6. The third-order valence-corrected chi connectivity index (χ3v) is 8.12. The summed E-state index contributed by atoms with van der Waals surface area (Å²) in [6.07, 6.45) is 3.24. The number of allylic oxidation sites excluding steroid dienone is 1. The average molecular weight is 869 g/mol. The molecule has 6 N–H and O–H groups in total. The summed E-state index contributed by atoms with van der Waals surface area (Å²) in [4.78, 5) is 67.7. The fourth-order valence-electron chi connectivity index (χ4n) is 5.55. The molecule has 2 heterocycles. The number of nitro benzene ring substituents is 1. The number of fused-ring (bicyclic) bond motifs is 1. The molecule has 0 aliphatic rings. The van der Waals surface area contributed by atoms with E-state index in [1.54, 1.807) is 62.2 Å². The van der Waals surface area contributed by atoms with Crippen LogP contribution < -0.4 is 31.6 Å². The number of amides is 3. The number of methoxy groups -OCH3 is 2. The van der Waals surface area contributed by atoms with Crippen LogP contribution in [0.2, 0.25) is 0 Å². The van der Waals surface area contributed by atoms with Crippen molar-refractivity contribution in [3.05, 3.63) is 75.1 Å². The van der Waals surface area contributed by atoms with Crippen LogP contribution in [0.25, 0.3) is 11.0 Å². The minimum Gasteiger partial charge on any atom is -0.494 e. The smallest absolute Gasteiger partial charge is 0.410 e. The molecule has 3 amide bonds. The van der Waals surface area contributed by atoms with Crippen LogP contribution in [0.1, 0.15) is 98.7 Å². The van der Waals surface area contributed by atoms with Gasteiger partial charge in [-0.2, -0.15) is 5.10 Å². The molecule has 342 valence electrons. The van der Waals surface area contributed by atoms with Gasteiger partial charge in [-0.15, -0.1) is 0 Å². The number of nitrogens with zero attached hydrogens (tertiary/aromatic N) is 6. The van der Waals surface area contributed by atoms with Crippen molar-refractivity contribution in [3.63, 3.8) is 0 Å².